The molecular weight excluding hydrogens is 227 g/mol. The summed E-state index contributed by atoms with van der Waals surface area (Å²) in [5.41, 5.74) is 0. The van der Waals surface area contributed by atoms with E-state index in [1.807, 2.05) is 0 Å². The Labute approximate surface area is 85.1 Å². The van der Waals surface area contributed by atoms with Crippen molar-refractivity contribution in [3.63, 3.8) is 0 Å². The van der Waals surface area contributed by atoms with Gasteiger partial charge < -0.3 is 30.0 Å². The molecule has 2 atom stereocenters. The molecule has 0 aliphatic rings. The molecule has 0 aromatic heterocycles. The number of carbonyl (C=O) groups excluding carboxylic acids is 2. The largest absolute Gasteiger partial charge is 2.00 e. The number of carbonyl (C=O) groups is 2. The maximum atomic E-state index is 9.34. The Morgan fingerprint density at radius 3 is 1.08 bits per heavy atom. The first-order valence-electron chi connectivity index (χ1n) is 3.06. The summed E-state index contributed by atoms with van der Waals surface area (Å²) >= 11 is 0. The average Bonchev–Trinajstić information content (AvgIpc) is 1.88. The van der Waals surface area contributed by atoms with Crippen LogP contribution in [0.1, 0.15) is 13.8 Å². The molecule has 80 valence electrons. The summed E-state index contributed by atoms with van der Waals surface area (Å²) in [6.45, 7) is 2.27. The summed E-state index contributed by atoms with van der Waals surface area (Å²) in [5, 5.41) is 34.6. The summed E-state index contributed by atoms with van der Waals surface area (Å²) in [4.78, 5) is 18.7. The topological polar surface area (TPSA) is 121 Å². The van der Waals surface area contributed by atoms with Crippen LogP contribution in [0.4, 0.5) is 0 Å². The fraction of sp³-hybridized carbons (Fsp3) is 0.667. The van der Waals surface area contributed by atoms with E-state index < -0.39 is 24.1 Å². The molecule has 0 fully saturated rings. The van der Waals surface area contributed by atoms with Crippen LogP contribution in [0.25, 0.3) is 0 Å². The van der Waals surface area contributed by atoms with Crippen molar-refractivity contribution < 1.29 is 46.5 Å². The van der Waals surface area contributed by atoms with E-state index in [0.717, 1.165) is 13.8 Å². The standard InChI is InChI=1S/2C3H6O3.Ni/c2*1-2(4)3(5)6;/h2*2,4H,1H3,(H,5,6);/q;;+2/p-2/t2*2-;/m00./s1. The maximum Gasteiger partial charge on any atom is 2.00 e. The zero-order valence-corrected chi connectivity index (χ0v) is 7.99. The maximum absolute atomic E-state index is 9.34. The molecule has 0 amide bonds. The third-order valence-corrected chi connectivity index (χ3v) is 0.682. The molecule has 0 bridgehead atoms. The van der Waals surface area contributed by atoms with Crippen LogP contribution < -0.4 is 10.2 Å². The van der Waals surface area contributed by atoms with E-state index in [9.17, 15) is 19.8 Å². The number of aliphatic carboxylic acids is 2. The number of hydrogen-bond donors (Lipinski definition) is 2. The van der Waals surface area contributed by atoms with Crippen molar-refractivity contribution in [2.75, 3.05) is 0 Å². The summed E-state index contributed by atoms with van der Waals surface area (Å²) in [5.74, 6) is -2.87. The molecule has 13 heavy (non-hydrogen) atoms. The van der Waals surface area contributed by atoms with Gasteiger partial charge in [-0.3, -0.25) is 0 Å². The molecule has 0 aliphatic heterocycles. The van der Waals surface area contributed by atoms with Gasteiger partial charge in [0.15, 0.2) is 0 Å². The van der Waals surface area contributed by atoms with Crippen molar-refractivity contribution in [1.29, 1.82) is 0 Å². The van der Waals surface area contributed by atoms with Gasteiger partial charge in [-0.1, -0.05) is 0 Å². The van der Waals surface area contributed by atoms with Gasteiger partial charge in [-0.05, 0) is 13.8 Å². The molecule has 6 nitrogen and oxygen atoms in total. The van der Waals surface area contributed by atoms with E-state index in [4.69, 9.17) is 10.2 Å². The summed E-state index contributed by atoms with van der Waals surface area (Å²) in [6, 6.07) is 0. The zero-order valence-electron chi connectivity index (χ0n) is 7.00. The summed E-state index contributed by atoms with van der Waals surface area (Å²) < 4.78 is 0. The molecule has 0 saturated carbocycles. The van der Waals surface area contributed by atoms with Crippen LogP contribution in [0.2, 0.25) is 0 Å². The summed E-state index contributed by atoms with van der Waals surface area (Å²) in [6.07, 6.45) is -2.69. The Kier molecular flexibility index (Phi) is 13.2. The first kappa shape index (κ1) is 18.2. The minimum atomic E-state index is -1.44. The Morgan fingerprint density at radius 1 is 1.00 bits per heavy atom. The van der Waals surface area contributed by atoms with Crippen molar-refractivity contribution in [2.24, 2.45) is 0 Å². The van der Waals surface area contributed by atoms with E-state index >= 15 is 0 Å². The van der Waals surface area contributed by atoms with E-state index in [2.05, 4.69) is 0 Å². The van der Waals surface area contributed by atoms with Crippen LogP contribution in [0.3, 0.4) is 0 Å². The molecule has 2 N–H and O–H groups in total. The van der Waals surface area contributed by atoms with Crippen LogP contribution in [0.5, 0.6) is 0 Å². The third-order valence-electron chi connectivity index (χ3n) is 0.682. The van der Waals surface area contributed by atoms with E-state index in [1.54, 1.807) is 0 Å². The van der Waals surface area contributed by atoms with Crippen molar-refractivity contribution in [1.82, 2.24) is 0 Å². The van der Waals surface area contributed by atoms with Crippen molar-refractivity contribution in [3.8, 4) is 0 Å². The molecule has 0 aromatic rings. The average molecular weight is 237 g/mol. The Bertz CT molecular complexity index is 137. The van der Waals surface area contributed by atoms with Gasteiger partial charge in [0.1, 0.15) is 0 Å². The van der Waals surface area contributed by atoms with Gasteiger partial charge in [0.25, 0.3) is 0 Å². The number of aliphatic hydroxyl groups is 2. The van der Waals surface area contributed by atoms with Crippen LogP contribution in [-0.4, -0.2) is 34.4 Å². The van der Waals surface area contributed by atoms with Crippen LogP contribution in [-0.2, 0) is 26.1 Å². The molecule has 7 heteroatoms. The SMILES string of the molecule is C[C@H](O)C(=O)[O-].C[C@H](O)C(=O)[O-].[Ni+2]. The third kappa shape index (κ3) is 18.4. The fourth-order valence-corrected chi connectivity index (χ4v) is 0. The Morgan fingerprint density at radius 2 is 1.08 bits per heavy atom. The molecule has 0 rings (SSSR count). The second kappa shape index (κ2) is 9.44. The smallest absolute Gasteiger partial charge is 0.547 e. The molecule has 0 unspecified atom stereocenters. The zero-order chi connectivity index (χ0) is 10.3. The molecule has 0 heterocycles. The summed E-state index contributed by atoms with van der Waals surface area (Å²) in [7, 11) is 0. The number of hydrogen-bond acceptors (Lipinski definition) is 6. The first-order chi connectivity index (χ1) is 5.29. The van der Waals surface area contributed by atoms with E-state index in [1.165, 1.54) is 0 Å². The Balaban J connectivity index is -0.000000143. The predicted octanol–water partition coefficient (Wildman–Crippen LogP) is -3.77. The number of carboxylic acids is 2. The molecule has 0 aromatic carbocycles. The van der Waals surface area contributed by atoms with Crippen LogP contribution >= 0.6 is 0 Å². The molecule has 0 aliphatic carbocycles. The number of rotatable bonds is 2. The predicted molar refractivity (Wildman–Crippen MR) is 33.4 cm³/mol. The van der Waals surface area contributed by atoms with Crippen LogP contribution in [0, 0.1) is 0 Å². The van der Waals surface area contributed by atoms with E-state index in [-0.39, 0.29) is 16.5 Å². The second-order valence-electron chi connectivity index (χ2n) is 1.99. The van der Waals surface area contributed by atoms with Gasteiger partial charge in [0, 0.05) is 0 Å². The van der Waals surface area contributed by atoms with Crippen molar-refractivity contribution in [2.45, 2.75) is 26.1 Å². The molecule has 0 radical (unpaired) electrons. The minimum Gasteiger partial charge on any atom is -0.547 e. The number of aliphatic hydroxyl groups excluding tert-OH is 2. The number of carboxylic acid groups (broad SMARTS) is 2. The molecule has 0 spiro atoms. The monoisotopic (exact) mass is 236 g/mol. The Hall–Kier alpha value is -0.646. The quantitative estimate of drug-likeness (QED) is 0.475. The van der Waals surface area contributed by atoms with Crippen molar-refractivity contribution >= 4 is 11.9 Å². The fourth-order valence-electron chi connectivity index (χ4n) is 0. The van der Waals surface area contributed by atoms with Gasteiger partial charge in [-0.15, -0.1) is 0 Å². The van der Waals surface area contributed by atoms with Crippen molar-refractivity contribution in [3.05, 3.63) is 0 Å². The van der Waals surface area contributed by atoms with Gasteiger partial charge >= 0.3 is 16.5 Å². The minimum absolute atomic E-state index is 0. The molecule has 0 saturated heterocycles. The van der Waals surface area contributed by atoms with Gasteiger partial charge in [0.2, 0.25) is 0 Å². The molecular formula is C6H10NiO6. The van der Waals surface area contributed by atoms with E-state index in [0.29, 0.717) is 0 Å². The first-order valence-corrected chi connectivity index (χ1v) is 3.06. The van der Waals surface area contributed by atoms with Gasteiger partial charge in [-0.25, -0.2) is 0 Å². The normalized spacial score (nSPS) is 12.6. The second-order valence-corrected chi connectivity index (χ2v) is 1.99. The van der Waals surface area contributed by atoms with Crippen LogP contribution in [0.15, 0.2) is 0 Å². The van der Waals surface area contributed by atoms with Gasteiger partial charge in [0.05, 0.1) is 24.1 Å². The van der Waals surface area contributed by atoms with Gasteiger partial charge in [-0.2, -0.15) is 0 Å².